The predicted octanol–water partition coefficient (Wildman–Crippen LogP) is 3.33. The molecule has 5 rings (SSSR count). The summed E-state index contributed by atoms with van der Waals surface area (Å²) in [4.78, 5) is 16.5. The third-order valence-corrected chi connectivity index (χ3v) is 4.25. The molecule has 0 aliphatic heterocycles. The van der Waals surface area contributed by atoms with E-state index in [1.54, 1.807) is 24.4 Å². The highest BCUT2D eigenvalue weighted by Crippen LogP contribution is 2.24. The number of carbonyl (C=O) groups excluding carboxylic acids is 1. The Morgan fingerprint density at radius 3 is 2.90 bits per heavy atom. The molecule has 10 nitrogen and oxygen atoms in total. The lowest BCUT2D eigenvalue weighted by molar-refractivity contribution is 0.102. The van der Waals surface area contributed by atoms with Gasteiger partial charge in [-0.1, -0.05) is 6.07 Å². The van der Waals surface area contributed by atoms with Gasteiger partial charge >= 0.3 is 0 Å². The largest absolute Gasteiger partial charge is 0.332 e. The van der Waals surface area contributed by atoms with Crippen molar-refractivity contribution in [2.75, 3.05) is 10.6 Å². The summed E-state index contributed by atoms with van der Waals surface area (Å²) >= 11 is 0. The Bertz CT molecular complexity index is 1290. The number of hydrogen-bond acceptors (Lipinski definition) is 7. The molecule has 5 aromatic rings. The third kappa shape index (κ3) is 3.41. The minimum absolute atomic E-state index is 0.265. The molecule has 0 fully saturated rings. The van der Waals surface area contributed by atoms with E-state index in [4.69, 9.17) is 4.52 Å². The maximum Gasteiger partial charge on any atom is 0.268 e. The summed E-state index contributed by atoms with van der Waals surface area (Å²) < 4.78 is 5.36. The highest BCUT2D eigenvalue weighted by Gasteiger charge is 2.12. The first-order chi connectivity index (χ1) is 14.2. The average molecular weight is 386 g/mol. The molecule has 0 saturated carbocycles. The number of nitrogens with zero attached hydrogens (tertiary/aromatic N) is 4. The average Bonchev–Trinajstić information content (AvgIpc) is 3.49. The standard InChI is InChI=1S/C19H14N8O2/c28-17(13-9-20-21-10-13)23-14-3-1-2-11(6-14)18-25-19(27-29-18)24-15-4-5-16-12(7-15)8-22-26-16/h1-10H,(H,20,21)(H,22,26)(H,23,28)(H,24,27). The summed E-state index contributed by atoms with van der Waals surface area (Å²) in [6, 6.07) is 12.9. The summed E-state index contributed by atoms with van der Waals surface area (Å²) in [5.41, 5.74) is 3.48. The van der Waals surface area contributed by atoms with Crippen LogP contribution in [0, 0.1) is 0 Å². The molecule has 2 aromatic carbocycles. The molecule has 3 aromatic heterocycles. The van der Waals surface area contributed by atoms with Gasteiger partial charge in [0.25, 0.3) is 17.7 Å². The van der Waals surface area contributed by atoms with E-state index in [0.717, 1.165) is 16.6 Å². The lowest BCUT2D eigenvalue weighted by Gasteiger charge is -2.04. The Morgan fingerprint density at radius 2 is 2.00 bits per heavy atom. The van der Waals surface area contributed by atoms with Crippen molar-refractivity contribution in [3.05, 3.63) is 66.6 Å². The third-order valence-electron chi connectivity index (χ3n) is 4.25. The van der Waals surface area contributed by atoms with E-state index < -0.39 is 0 Å². The van der Waals surface area contributed by atoms with Crippen LogP contribution in [0.3, 0.4) is 0 Å². The molecular formula is C19H14N8O2. The van der Waals surface area contributed by atoms with Crippen molar-refractivity contribution in [2.45, 2.75) is 0 Å². The number of hydrogen-bond donors (Lipinski definition) is 4. The zero-order valence-electron chi connectivity index (χ0n) is 14.9. The summed E-state index contributed by atoms with van der Waals surface area (Å²) in [6.07, 6.45) is 4.72. The smallest absolute Gasteiger partial charge is 0.268 e. The topological polar surface area (TPSA) is 137 Å². The molecular weight excluding hydrogens is 372 g/mol. The minimum atomic E-state index is -0.265. The number of rotatable bonds is 5. The fourth-order valence-electron chi connectivity index (χ4n) is 2.85. The predicted molar refractivity (Wildman–Crippen MR) is 106 cm³/mol. The van der Waals surface area contributed by atoms with Crippen LogP contribution < -0.4 is 10.6 Å². The van der Waals surface area contributed by atoms with E-state index in [1.807, 2.05) is 24.3 Å². The summed E-state index contributed by atoms with van der Waals surface area (Å²) in [7, 11) is 0. The lowest BCUT2D eigenvalue weighted by atomic mass is 10.2. The van der Waals surface area contributed by atoms with Crippen LogP contribution >= 0.6 is 0 Å². The minimum Gasteiger partial charge on any atom is -0.332 e. The Morgan fingerprint density at radius 1 is 1.03 bits per heavy atom. The fraction of sp³-hybridized carbons (Fsp3) is 0. The van der Waals surface area contributed by atoms with Crippen molar-refractivity contribution in [2.24, 2.45) is 0 Å². The molecule has 0 spiro atoms. The van der Waals surface area contributed by atoms with E-state index in [9.17, 15) is 4.79 Å². The van der Waals surface area contributed by atoms with Crippen LogP contribution in [0.25, 0.3) is 22.4 Å². The van der Waals surface area contributed by atoms with E-state index in [0.29, 0.717) is 28.7 Å². The Labute approximate surface area is 163 Å². The fourth-order valence-corrected chi connectivity index (χ4v) is 2.85. The van der Waals surface area contributed by atoms with Crippen molar-refractivity contribution in [1.82, 2.24) is 30.5 Å². The zero-order valence-corrected chi connectivity index (χ0v) is 14.9. The summed E-state index contributed by atoms with van der Waals surface area (Å²) in [5, 5.41) is 24.1. The van der Waals surface area contributed by atoms with E-state index in [1.165, 1.54) is 12.4 Å². The Kier molecular flexibility index (Phi) is 3.98. The van der Waals surface area contributed by atoms with Crippen LogP contribution in [-0.4, -0.2) is 36.4 Å². The SMILES string of the molecule is O=C(Nc1cccc(-c2nc(Nc3ccc4[nH]ncc4c3)no2)c1)c1cn[nH]c1. The van der Waals surface area contributed by atoms with Gasteiger partial charge in [0.1, 0.15) is 0 Å². The lowest BCUT2D eigenvalue weighted by Crippen LogP contribution is -2.10. The van der Waals surface area contributed by atoms with Gasteiger partial charge in [-0.3, -0.25) is 15.0 Å². The van der Waals surface area contributed by atoms with Crippen LogP contribution in [0.1, 0.15) is 10.4 Å². The van der Waals surface area contributed by atoms with Crippen molar-refractivity contribution < 1.29 is 9.32 Å². The number of aromatic amines is 2. The Hall–Kier alpha value is -4.47. The summed E-state index contributed by atoms with van der Waals surface area (Å²) in [5.74, 6) is 0.394. The van der Waals surface area contributed by atoms with Gasteiger partial charge < -0.3 is 15.2 Å². The first-order valence-corrected chi connectivity index (χ1v) is 8.69. The second-order valence-electron chi connectivity index (χ2n) is 6.24. The van der Waals surface area contributed by atoms with Gasteiger partial charge in [-0.15, -0.1) is 0 Å². The number of benzene rings is 2. The van der Waals surface area contributed by atoms with Gasteiger partial charge in [0.15, 0.2) is 0 Å². The van der Waals surface area contributed by atoms with E-state index in [-0.39, 0.29) is 5.91 Å². The van der Waals surface area contributed by atoms with E-state index >= 15 is 0 Å². The molecule has 142 valence electrons. The molecule has 29 heavy (non-hydrogen) atoms. The molecule has 1 amide bonds. The van der Waals surface area contributed by atoms with Gasteiger partial charge in [-0.05, 0) is 41.6 Å². The molecule has 0 atom stereocenters. The van der Waals surface area contributed by atoms with Gasteiger partial charge in [0.2, 0.25) is 0 Å². The van der Waals surface area contributed by atoms with Crippen LogP contribution in [0.4, 0.5) is 17.3 Å². The Balaban J connectivity index is 1.34. The second-order valence-corrected chi connectivity index (χ2v) is 6.24. The van der Waals surface area contributed by atoms with Crippen molar-refractivity contribution in [3.63, 3.8) is 0 Å². The number of H-pyrrole nitrogens is 2. The first kappa shape index (κ1) is 16.7. The van der Waals surface area contributed by atoms with Crippen molar-refractivity contribution >= 4 is 34.1 Å². The molecule has 0 unspecified atom stereocenters. The number of nitrogens with one attached hydrogen (secondary N) is 4. The van der Waals surface area contributed by atoms with Crippen LogP contribution in [0.15, 0.2) is 65.6 Å². The second kappa shape index (κ2) is 6.93. The first-order valence-electron chi connectivity index (χ1n) is 8.69. The van der Waals surface area contributed by atoms with Crippen molar-refractivity contribution in [3.8, 4) is 11.5 Å². The molecule has 0 radical (unpaired) electrons. The molecule has 3 heterocycles. The van der Waals surface area contributed by atoms with Gasteiger partial charge in [-0.25, -0.2) is 0 Å². The molecule has 0 aliphatic rings. The van der Waals surface area contributed by atoms with Crippen LogP contribution in [0.2, 0.25) is 0 Å². The van der Waals surface area contributed by atoms with Gasteiger partial charge in [0, 0.05) is 28.5 Å². The molecule has 10 heteroatoms. The number of anilines is 3. The highest BCUT2D eigenvalue weighted by atomic mass is 16.5. The molecule has 4 N–H and O–H groups in total. The molecule has 0 aliphatic carbocycles. The summed E-state index contributed by atoms with van der Waals surface area (Å²) in [6.45, 7) is 0. The number of carbonyl (C=O) groups is 1. The van der Waals surface area contributed by atoms with Gasteiger partial charge in [0.05, 0.1) is 23.5 Å². The molecule has 0 saturated heterocycles. The zero-order chi connectivity index (χ0) is 19.6. The quantitative estimate of drug-likeness (QED) is 0.363. The number of amides is 1. The van der Waals surface area contributed by atoms with Crippen LogP contribution in [-0.2, 0) is 0 Å². The number of fused-ring (bicyclic) bond motifs is 1. The van der Waals surface area contributed by atoms with Gasteiger partial charge in [-0.2, -0.15) is 15.2 Å². The van der Waals surface area contributed by atoms with Crippen LogP contribution in [0.5, 0.6) is 0 Å². The monoisotopic (exact) mass is 386 g/mol. The molecule has 0 bridgehead atoms. The normalized spacial score (nSPS) is 10.9. The van der Waals surface area contributed by atoms with E-state index in [2.05, 4.69) is 41.2 Å². The highest BCUT2D eigenvalue weighted by molar-refractivity contribution is 6.04. The maximum absolute atomic E-state index is 12.2. The van der Waals surface area contributed by atoms with Crippen molar-refractivity contribution in [1.29, 1.82) is 0 Å². The number of aromatic nitrogens is 6. The maximum atomic E-state index is 12.2.